The van der Waals surface area contributed by atoms with Gasteiger partial charge in [-0.2, -0.15) is 0 Å². The summed E-state index contributed by atoms with van der Waals surface area (Å²) in [6, 6.07) is 30.6. The normalized spacial score (nSPS) is 12.0. The van der Waals surface area contributed by atoms with Crippen LogP contribution in [0.2, 0.25) is 0 Å². The number of rotatable bonds is 0. The SMILES string of the molecule is O=C1c2ccccc2C(=O)c2ccccc21.c1ccc2ccccc2c1. The number of hydrogen-bond acceptors (Lipinski definition) is 2. The van der Waals surface area contributed by atoms with Gasteiger partial charge < -0.3 is 0 Å². The molecule has 0 saturated carbocycles. The summed E-state index contributed by atoms with van der Waals surface area (Å²) in [5.41, 5.74) is 2.02. The van der Waals surface area contributed by atoms with E-state index in [-0.39, 0.29) is 11.6 Å². The van der Waals surface area contributed by atoms with Gasteiger partial charge in [-0.3, -0.25) is 9.59 Å². The number of carbonyl (C=O) groups is 2. The summed E-state index contributed by atoms with van der Waals surface area (Å²) in [5, 5.41) is 2.62. The van der Waals surface area contributed by atoms with Crippen LogP contribution in [0.15, 0.2) is 97.1 Å². The first-order valence-corrected chi connectivity index (χ1v) is 8.47. The quantitative estimate of drug-likeness (QED) is 0.384. The second kappa shape index (κ2) is 6.77. The van der Waals surface area contributed by atoms with Crippen LogP contribution < -0.4 is 0 Å². The number of ketones is 2. The molecule has 4 aromatic carbocycles. The molecule has 26 heavy (non-hydrogen) atoms. The fraction of sp³-hybridized carbons (Fsp3) is 0. The molecule has 0 spiro atoms. The van der Waals surface area contributed by atoms with Crippen LogP contribution >= 0.6 is 0 Å². The molecule has 0 saturated heterocycles. The van der Waals surface area contributed by atoms with Crippen molar-refractivity contribution in [3.63, 3.8) is 0 Å². The average molecular weight is 336 g/mol. The predicted molar refractivity (Wildman–Crippen MR) is 104 cm³/mol. The Labute approximate surface area is 151 Å². The zero-order valence-corrected chi connectivity index (χ0v) is 14.1. The number of benzene rings is 4. The molecule has 0 heterocycles. The first-order valence-electron chi connectivity index (χ1n) is 8.47. The molecule has 2 heteroatoms. The fourth-order valence-corrected chi connectivity index (χ4v) is 3.18. The van der Waals surface area contributed by atoms with Crippen molar-refractivity contribution >= 4 is 22.3 Å². The average Bonchev–Trinajstić information content (AvgIpc) is 2.73. The molecule has 0 aliphatic heterocycles. The van der Waals surface area contributed by atoms with Crippen LogP contribution in [0.25, 0.3) is 10.8 Å². The zero-order valence-electron chi connectivity index (χ0n) is 14.1. The Hall–Kier alpha value is -3.52. The van der Waals surface area contributed by atoms with Crippen LogP contribution in [0.5, 0.6) is 0 Å². The Kier molecular flexibility index (Phi) is 4.16. The maximum absolute atomic E-state index is 12.1. The highest BCUT2D eigenvalue weighted by atomic mass is 16.1. The first kappa shape index (κ1) is 16.0. The Bertz CT molecular complexity index is 955. The molecule has 0 bridgehead atoms. The summed E-state index contributed by atoms with van der Waals surface area (Å²) in [4.78, 5) is 24.2. The van der Waals surface area contributed by atoms with Gasteiger partial charge in [-0.05, 0) is 10.8 Å². The summed E-state index contributed by atoms with van der Waals surface area (Å²) in [6.45, 7) is 0. The summed E-state index contributed by atoms with van der Waals surface area (Å²) >= 11 is 0. The molecule has 4 aromatic rings. The summed E-state index contributed by atoms with van der Waals surface area (Å²) in [7, 11) is 0. The monoisotopic (exact) mass is 336 g/mol. The Balaban J connectivity index is 0.000000144. The molecule has 0 aromatic heterocycles. The van der Waals surface area contributed by atoms with Gasteiger partial charge in [0.2, 0.25) is 0 Å². The summed E-state index contributed by atoms with van der Waals surface area (Å²) < 4.78 is 0. The van der Waals surface area contributed by atoms with E-state index in [0.717, 1.165) is 0 Å². The third kappa shape index (κ3) is 2.82. The third-order valence-electron chi connectivity index (χ3n) is 4.49. The van der Waals surface area contributed by atoms with Crippen LogP contribution in [-0.4, -0.2) is 11.6 Å². The molecule has 1 aliphatic carbocycles. The largest absolute Gasteiger partial charge is 0.289 e. The van der Waals surface area contributed by atoms with Crippen molar-refractivity contribution in [3.8, 4) is 0 Å². The lowest BCUT2D eigenvalue weighted by molar-refractivity contribution is 0.0979. The van der Waals surface area contributed by atoms with Gasteiger partial charge in [0.1, 0.15) is 0 Å². The molecule has 5 rings (SSSR count). The minimum absolute atomic E-state index is 0.0641. The van der Waals surface area contributed by atoms with Crippen LogP contribution in [0.1, 0.15) is 31.8 Å². The lowest BCUT2D eigenvalue weighted by Gasteiger charge is -2.16. The number of fused-ring (bicyclic) bond motifs is 3. The van der Waals surface area contributed by atoms with Gasteiger partial charge in [-0.25, -0.2) is 0 Å². The standard InChI is InChI=1S/C14H8O2.C10H8/c15-13-9-5-1-2-6-10(9)14(16)12-8-4-3-7-11(12)13;1-2-6-10-8-4-3-7-9(10)5-1/h1-8H;1-8H. The molecule has 1 aliphatic rings. The van der Waals surface area contributed by atoms with Crippen molar-refractivity contribution in [1.82, 2.24) is 0 Å². The molecule has 0 amide bonds. The highest BCUT2D eigenvalue weighted by Crippen LogP contribution is 2.26. The van der Waals surface area contributed by atoms with Crippen molar-refractivity contribution in [2.75, 3.05) is 0 Å². The van der Waals surface area contributed by atoms with Crippen molar-refractivity contribution in [3.05, 3.63) is 119 Å². The maximum atomic E-state index is 12.1. The number of hydrogen-bond donors (Lipinski definition) is 0. The maximum Gasteiger partial charge on any atom is 0.194 e. The van der Waals surface area contributed by atoms with E-state index in [2.05, 4.69) is 48.5 Å². The minimum Gasteiger partial charge on any atom is -0.289 e. The molecule has 2 nitrogen and oxygen atoms in total. The van der Waals surface area contributed by atoms with E-state index in [1.807, 2.05) is 0 Å². The second-order valence-electron chi connectivity index (χ2n) is 6.10. The topological polar surface area (TPSA) is 34.1 Å². The van der Waals surface area contributed by atoms with Gasteiger partial charge in [-0.1, -0.05) is 97.1 Å². The van der Waals surface area contributed by atoms with Gasteiger partial charge in [0.05, 0.1) is 0 Å². The summed E-state index contributed by atoms with van der Waals surface area (Å²) in [5.74, 6) is -0.128. The highest BCUT2D eigenvalue weighted by Gasteiger charge is 2.28. The lowest BCUT2D eigenvalue weighted by atomic mass is 9.84. The molecule has 0 radical (unpaired) electrons. The smallest absolute Gasteiger partial charge is 0.194 e. The van der Waals surface area contributed by atoms with Gasteiger partial charge in [-0.15, -0.1) is 0 Å². The Morgan fingerprint density at radius 1 is 0.346 bits per heavy atom. The van der Waals surface area contributed by atoms with Crippen molar-refractivity contribution < 1.29 is 9.59 Å². The molecular formula is C24H16O2. The van der Waals surface area contributed by atoms with E-state index in [1.165, 1.54) is 10.8 Å². The predicted octanol–water partition coefficient (Wildman–Crippen LogP) is 5.30. The van der Waals surface area contributed by atoms with Crippen molar-refractivity contribution in [2.45, 2.75) is 0 Å². The van der Waals surface area contributed by atoms with E-state index >= 15 is 0 Å². The first-order chi connectivity index (χ1) is 12.8. The second-order valence-corrected chi connectivity index (χ2v) is 6.10. The molecule has 0 N–H and O–H groups in total. The van der Waals surface area contributed by atoms with Gasteiger partial charge >= 0.3 is 0 Å². The molecular weight excluding hydrogens is 320 g/mol. The van der Waals surface area contributed by atoms with E-state index < -0.39 is 0 Å². The van der Waals surface area contributed by atoms with Crippen molar-refractivity contribution in [2.24, 2.45) is 0 Å². The lowest BCUT2D eigenvalue weighted by Crippen LogP contribution is -2.20. The van der Waals surface area contributed by atoms with Gasteiger partial charge in [0.15, 0.2) is 11.6 Å². The van der Waals surface area contributed by atoms with Gasteiger partial charge in [0, 0.05) is 22.3 Å². The third-order valence-corrected chi connectivity index (χ3v) is 4.49. The van der Waals surface area contributed by atoms with E-state index in [1.54, 1.807) is 48.5 Å². The molecule has 0 atom stereocenters. The Morgan fingerprint density at radius 3 is 0.846 bits per heavy atom. The molecule has 0 fully saturated rings. The minimum atomic E-state index is -0.0641. The van der Waals surface area contributed by atoms with Gasteiger partial charge in [0.25, 0.3) is 0 Å². The van der Waals surface area contributed by atoms with E-state index in [4.69, 9.17) is 0 Å². The fourth-order valence-electron chi connectivity index (χ4n) is 3.18. The summed E-state index contributed by atoms with van der Waals surface area (Å²) in [6.07, 6.45) is 0. The highest BCUT2D eigenvalue weighted by molar-refractivity contribution is 6.28. The number of carbonyl (C=O) groups excluding carboxylic acids is 2. The van der Waals surface area contributed by atoms with Crippen LogP contribution in [-0.2, 0) is 0 Å². The molecule has 124 valence electrons. The Morgan fingerprint density at radius 2 is 0.577 bits per heavy atom. The molecule has 0 unspecified atom stereocenters. The zero-order chi connectivity index (χ0) is 17.9. The van der Waals surface area contributed by atoms with E-state index in [9.17, 15) is 9.59 Å². The van der Waals surface area contributed by atoms with Crippen LogP contribution in [0, 0.1) is 0 Å². The van der Waals surface area contributed by atoms with Crippen LogP contribution in [0.4, 0.5) is 0 Å². The van der Waals surface area contributed by atoms with E-state index in [0.29, 0.717) is 22.3 Å². The van der Waals surface area contributed by atoms with Crippen LogP contribution in [0.3, 0.4) is 0 Å². The van der Waals surface area contributed by atoms with Crippen molar-refractivity contribution in [1.29, 1.82) is 0 Å².